The molecule has 1 unspecified atom stereocenters. The van der Waals surface area contributed by atoms with E-state index in [1.165, 1.54) is 0 Å². The molecule has 0 spiro atoms. The fourth-order valence-electron chi connectivity index (χ4n) is 4.77. The first kappa shape index (κ1) is 20.0. The molecule has 1 aliphatic carbocycles. The van der Waals surface area contributed by atoms with Gasteiger partial charge in [0, 0.05) is 36.7 Å². The maximum absolute atomic E-state index is 11.5. The van der Waals surface area contributed by atoms with E-state index in [0.29, 0.717) is 17.6 Å². The van der Waals surface area contributed by atoms with Crippen molar-refractivity contribution in [2.24, 2.45) is 0 Å². The van der Waals surface area contributed by atoms with Crippen LogP contribution in [0.1, 0.15) is 51.0 Å². The third-order valence-electron chi connectivity index (χ3n) is 6.38. The molecule has 6 heteroatoms. The maximum atomic E-state index is 11.5. The number of benzene rings is 1. The summed E-state index contributed by atoms with van der Waals surface area (Å²) in [6.45, 7) is 4.39. The van der Waals surface area contributed by atoms with Crippen molar-refractivity contribution in [1.29, 1.82) is 5.26 Å². The van der Waals surface area contributed by atoms with Crippen molar-refractivity contribution in [3.63, 3.8) is 0 Å². The van der Waals surface area contributed by atoms with Crippen molar-refractivity contribution in [3.05, 3.63) is 34.9 Å². The lowest BCUT2D eigenvalue weighted by Crippen LogP contribution is -2.47. The van der Waals surface area contributed by atoms with Gasteiger partial charge in [-0.05, 0) is 50.2 Å². The highest BCUT2D eigenvalue weighted by Crippen LogP contribution is 2.43. The lowest BCUT2D eigenvalue weighted by Gasteiger charge is -2.41. The van der Waals surface area contributed by atoms with Gasteiger partial charge in [0.05, 0.1) is 11.5 Å². The number of hydrogen-bond donors (Lipinski definition) is 1. The fraction of sp³-hybridized carbons (Fsp3) is 0.619. The van der Waals surface area contributed by atoms with E-state index in [4.69, 9.17) is 11.6 Å². The topological polar surface area (TPSA) is 67.6 Å². The fourth-order valence-corrected chi connectivity index (χ4v) is 5.09. The van der Waals surface area contributed by atoms with Crippen LogP contribution in [0, 0.1) is 11.3 Å². The molecule has 27 heavy (non-hydrogen) atoms. The molecule has 1 N–H and O–H groups in total. The van der Waals surface area contributed by atoms with Crippen molar-refractivity contribution in [2.45, 2.75) is 62.9 Å². The van der Waals surface area contributed by atoms with Crippen LogP contribution < -0.4 is 0 Å². The number of halogens is 1. The first-order valence-electron chi connectivity index (χ1n) is 9.90. The lowest BCUT2D eigenvalue weighted by atomic mass is 9.69. The molecule has 3 rings (SSSR count). The number of rotatable bonds is 3. The number of amides is 1. The number of carbonyl (C=O) groups is 1. The summed E-state index contributed by atoms with van der Waals surface area (Å²) in [4.78, 5) is 15.6. The Labute approximate surface area is 166 Å². The summed E-state index contributed by atoms with van der Waals surface area (Å²) < 4.78 is 0. The highest BCUT2D eigenvalue weighted by molar-refractivity contribution is 6.31. The minimum absolute atomic E-state index is 0.0521. The molecule has 1 saturated carbocycles. The van der Waals surface area contributed by atoms with E-state index in [1.807, 2.05) is 24.3 Å². The highest BCUT2D eigenvalue weighted by atomic mass is 35.5. The molecule has 1 aromatic rings. The molecule has 1 aliphatic heterocycles. The minimum Gasteiger partial charge on any atom is -0.465 e. The lowest BCUT2D eigenvalue weighted by molar-refractivity contribution is 0.101. The summed E-state index contributed by atoms with van der Waals surface area (Å²) >= 11 is 6.39. The van der Waals surface area contributed by atoms with Crippen LogP contribution in [0.4, 0.5) is 4.79 Å². The molecular weight excluding hydrogens is 362 g/mol. The van der Waals surface area contributed by atoms with Gasteiger partial charge in [0.2, 0.25) is 0 Å². The third-order valence-corrected chi connectivity index (χ3v) is 6.71. The molecule has 1 atom stereocenters. The van der Waals surface area contributed by atoms with E-state index in [9.17, 15) is 15.2 Å². The Bertz CT molecular complexity index is 710. The van der Waals surface area contributed by atoms with Crippen LogP contribution in [-0.4, -0.2) is 52.7 Å². The zero-order valence-electron chi connectivity index (χ0n) is 15.9. The molecule has 2 fully saturated rings. The maximum Gasteiger partial charge on any atom is 0.407 e. The quantitative estimate of drug-likeness (QED) is 0.825. The summed E-state index contributed by atoms with van der Waals surface area (Å²) in [5.74, 6) is 0. The van der Waals surface area contributed by atoms with Crippen LogP contribution in [0.5, 0.6) is 0 Å². The minimum atomic E-state index is -0.811. The second-order valence-electron chi connectivity index (χ2n) is 7.79. The summed E-state index contributed by atoms with van der Waals surface area (Å²) in [5.41, 5.74) is 0.449. The van der Waals surface area contributed by atoms with Gasteiger partial charge in [0.15, 0.2) is 0 Å². The zero-order valence-corrected chi connectivity index (χ0v) is 16.7. The van der Waals surface area contributed by atoms with Crippen molar-refractivity contribution >= 4 is 17.7 Å². The average molecular weight is 390 g/mol. The summed E-state index contributed by atoms with van der Waals surface area (Å²) in [7, 11) is 0. The molecule has 0 radical (unpaired) electrons. The Morgan fingerprint density at radius 1 is 1.33 bits per heavy atom. The van der Waals surface area contributed by atoms with Gasteiger partial charge in [-0.1, -0.05) is 36.7 Å². The Morgan fingerprint density at radius 2 is 2.04 bits per heavy atom. The molecule has 1 saturated heterocycles. The number of carboxylic acid groups (broad SMARTS) is 1. The van der Waals surface area contributed by atoms with Gasteiger partial charge in [0.25, 0.3) is 0 Å². The number of nitrogens with zero attached hydrogens (tertiary/aromatic N) is 3. The van der Waals surface area contributed by atoms with E-state index in [1.54, 1.807) is 4.90 Å². The molecule has 1 aromatic carbocycles. The van der Waals surface area contributed by atoms with Crippen LogP contribution in [0.25, 0.3) is 0 Å². The molecule has 0 aromatic heterocycles. The van der Waals surface area contributed by atoms with Crippen molar-refractivity contribution in [2.75, 3.05) is 19.6 Å². The monoisotopic (exact) mass is 389 g/mol. The first-order chi connectivity index (χ1) is 13.0. The van der Waals surface area contributed by atoms with Crippen LogP contribution in [0.15, 0.2) is 24.3 Å². The van der Waals surface area contributed by atoms with Crippen LogP contribution >= 0.6 is 11.6 Å². The van der Waals surface area contributed by atoms with Crippen LogP contribution in [0.2, 0.25) is 5.02 Å². The standard InChI is InChI=1S/C21H28ClN3O2/c1-2-16-14-24(12-5-13-25(16)20(26)27)17-8-10-21(15-23,11-9-17)18-6-3-4-7-19(18)22/h3-4,6-7,16-17H,2,5,8-14H2,1H3,(H,26,27). The van der Waals surface area contributed by atoms with Gasteiger partial charge in [0.1, 0.15) is 0 Å². The van der Waals surface area contributed by atoms with Crippen molar-refractivity contribution in [1.82, 2.24) is 9.80 Å². The molecule has 146 valence electrons. The Morgan fingerprint density at radius 3 is 2.63 bits per heavy atom. The van der Waals surface area contributed by atoms with Gasteiger partial charge in [-0.3, -0.25) is 4.90 Å². The predicted molar refractivity (Wildman–Crippen MR) is 106 cm³/mol. The average Bonchev–Trinajstić information content (AvgIpc) is 2.91. The van der Waals surface area contributed by atoms with E-state index in [0.717, 1.165) is 57.2 Å². The Kier molecular flexibility index (Phi) is 6.29. The molecular formula is C21H28ClN3O2. The van der Waals surface area contributed by atoms with E-state index >= 15 is 0 Å². The molecule has 1 amide bonds. The molecule has 5 nitrogen and oxygen atoms in total. The molecule has 2 aliphatic rings. The predicted octanol–water partition coefficient (Wildman–Crippen LogP) is 4.51. The third kappa shape index (κ3) is 4.07. The Hall–Kier alpha value is -1.77. The van der Waals surface area contributed by atoms with E-state index in [-0.39, 0.29) is 6.04 Å². The van der Waals surface area contributed by atoms with Crippen LogP contribution in [-0.2, 0) is 5.41 Å². The van der Waals surface area contributed by atoms with E-state index < -0.39 is 11.5 Å². The second kappa shape index (κ2) is 8.50. The van der Waals surface area contributed by atoms with Gasteiger partial charge in [-0.25, -0.2) is 4.79 Å². The van der Waals surface area contributed by atoms with Crippen LogP contribution in [0.3, 0.4) is 0 Å². The zero-order chi connectivity index (χ0) is 19.4. The normalized spacial score (nSPS) is 29.7. The smallest absolute Gasteiger partial charge is 0.407 e. The van der Waals surface area contributed by atoms with Gasteiger partial charge >= 0.3 is 6.09 Å². The van der Waals surface area contributed by atoms with Gasteiger partial charge in [-0.15, -0.1) is 0 Å². The van der Waals surface area contributed by atoms with Gasteiger partial charge < -0.3 is 10.0 Å². The largest absolute Gasteiger partial charge is 0.465 e. The first-order valence-corrected chi connectivity index (χ1v) is 10.3. The SMILES string of the molecule is CCC1CN(C2CCC(C#N)(c3ccccc3Cl)CC2)CCCN1C(=O)O. The summed E-state index contributed by atoms with van der Waals surface area (Å²) in [6, 6.07) is 10.7. The second-order valence-corrected chi connectivity index (χ2v) is 8.20. The van der Waals surface area contributed by atoms with Crippen molar-refractivity contribution in [3.8, 4) is 6.07 Å². The molecule has 0 bridgehead atoms. The number of hydrogen-bond acceptors (Lipinski definition) is 3. The molecule has 1 heterocycles. The summed E-state index contributed by atoms with van der Waals surface area (Å²) in [5, 5.41) is 20.1. The van der Waals surface area contributed by atoms with E-state index in [2.05, 4.69) is 17.9 Å². The van der Waals surface area contributed by atoms with Gasteiger partial charge in [-0.2, -0.15) is 5.26 Å². The highest BCUT2D eigenvalue weighted by Gasteiger charge is 2.40. The number of nitriles is 1. The summed E-state index contributed by atoms with van der Waals surface area (Å²) in [6.07, 6.45) is 4.38. The van der Waals surface area contributed by atoms with Crippen molar-refractivity contribution < 1.29 is 9.90 Å². The Balaban J connectivity index is 1.70.